The fraction of sp³-hybridized carbons (Fsp3) is 0.471. The number of aromatic nitrogens is 2. The van der Waals surface area contributed by atoms with Crippen LogP contribution in [0.15, 0.2) is 18.3 Å². The Morgan fingerprint density at radius 1 is 1.42 bits per heavy atom. The van der Waals surface area contributed by atoms with Gasteiger partial charge in [-0.25, -0.2) is 0 Å². The summed E-state index contributed by atoms with van der Waals surface area (Å²) in [7, 11) is 1.63. The van der Waals surface area contributed by atoms with E-state index in [1.807, 2.05) is 15.6 Å². The van der Waals surface area contributed by atoms with Crippen LogP contribution in [0.4, 0.5) is 0 Å². The lowest BCUT2D eigenvalue weighted by Crippen LogP contribution is -2.42. The molecule has 6 nitrogen and oxygen atoms in total. The Balaban J connectivity index is 1.57. The Kier molecular flexibility index (Phi) is 3.88. The van der Waals surface area contributed by atoms with Crippen molar-refractivity contribution < 1.29 is 9.59 Å². The molecule has 0 bridgehead atoms. The van der Waals surface area contributed by atoms with Crippen LogP contribution >= 0.6 is 11.3 Å². The van der Waals surface area contributed by atoms with Crippen LogP contribution in [-0.2, 0) is 24.2 Å². The molecule has 0 fully saturated rings. The summed E-state index contributed by atoms with van der Waals surface area (Å²) in [6.07, 6.45) is 5.45. The Bertz CT molecular complexity index is 773. The van der Waals surface area contributed by atoms with Gasteiger partial charge in [0.05, 0.1) is 29.6 Å². The standard InChI is InChI=1S/C17H20N4O2S/c1-18-16(22)8-13-10-20(9-12-5-6-19-21(12)13)17(23)15-7-11-3-2-4-14(11)24-15/h5-7,13H,2-4,8-10H2,1H3,(H,18,22). The monoisotopic (exact) mass is 344 g/mol. The molecule has 2 aliphatic rings. The van der Waals surface area contributed by atoms with Gasteiger partial charge in [0.1, 0.15) is 0 Å². The van der Waals surface area contributed by atoms with Gasteiger partial charge in [-0.3, -0.25) is 14.3 Å². The van der Waals surface area contributed by atoms with E-state index in [2.05, 4.69) is 16.5 Å². The maximum absolute atomic E-state index is 12.9. The molecule has 1 atom stereocenters. The van der Waals surface area contributed by atoms with Crippen molar-refractivity contribution in [3.63, 3.8) is 0 Å². The Morgan fingerprint density at radius 3 is 3.08 bits per heavy atom. The molecule has 0 aromatic carbocycles. The molecule has 1 N–H and O–H groups in total. The zero-order valence-electron chi connectivity index (χ0n) is 13.6. The zero-order valence-corrected chi connectivity index (χ0v) is 14.4. The van der Waals surface area contributed by atoms with Crippen LogP contribution in [0.1, 0.15) is 44.7 Å². The van der Waals surface area contributed by atoms with Crippen LogP contribution in [-0.4, -0.2) is 40.1 Å². The lowest BCUT2D eigenvalue weighted by atomic mass is 10.1. The number of amides is 2. The van der Waals surface area contributed by atoms with Crippen LogP contribution in [0.25, 0.3) is 0 Å². The summed E-state index contributed by atoms with van der Waals surface area (Å²) in [4.78, 5) is 28.8. The first-order valence-electron chi connectivity index (χ1n) is 8.29. The normalized spacial score (nSPS) is 19.0. The number of carbonyl (C=O) groups excluding carboxylic acids is 2. The Morgan fingerprint density at radius 2 is 2.29 bits per heavy atom. The van der Waals surface area contributed by atoms with Crippen molar-refractivity contribution in [1.29, 1.82) is 0 Å². The minimum Gasteiger partial charge on any atom is -0.359 e. The topological polar surface area (TPSA) is 67.2 Å². The average Bonchev–Trinajstić information content (AvgIpc) is 3.28. The van der Waals surface area contributed by atoms with Crippen molar-refractivity contribution in [1.82, 2.24) is 20.0 Å². The molecule has 0 spiro atoms. The van der Waals surface area contributed by atoms with Crippen molar-refractivity contribution >= 4 is 23.2 Å². The fourth-order valence-electron chi connectivity index (χ4n) is 3.60. The minimum absolute atomic E-state index is 0.0363. The summed E-state index contributed by atoms with van der Waals surface area (Å²) in [5.74, 6) is 0.0367. The molecular formula is C17H20N4O2S. The van der Waals surface area contributed by atoms with Gasteiger partial charge in [0.15, 0.2) is 0 Å². The highest BCUT2D eigenvalue weighted by Gasteiger charge is 2.31. The van der Waals surface area contributed by atoms with E-state index in [9.17, 15) is 9.59 Å². The quantitative estimate of drug-likeness (QED) is 0.923. The average molecular weight is 344 g/mol. The third-order valence-electron chi connectivity index (χ3n) is 4.83. The Hall–Kier alpha value is -2.15. The van der Waals surface area contributed by atoms with E-state index in [0.717, 1.165) is 23.4 Å². The summed E-state index contributed by atoms with van der Waals surface area (Å²) in [5, 5.41) is 6.99. The van der Waals surface area contributed by atoms with Crippen molar-refractivity contribution in [3.05, 3.63) is 39.3 Å². The molecule has 126 valence electrons. The predicted molar refractivity (Wildman–Crippen MR) is 91.0 cm³/mol. The van der Waals surface area contributed by atoms with Gasteiger partial charge in [0.25, 0.3) is 5.91 Å². The largest absolute Gasteiger partial charge is 0.359 e. The van der Waals surface area contributed by atoms with Crippen LogP contribution in [0.5, 0.6) is 0 Å². The summed E-state index contributed by atoms with van der Waals surface area (Å²) < 4.78 is 1.88. The molecule has 4 rings (SSSR count). The molecule has 1 aliphatic carbocycles. The molecular weight excluding hydrogens is 324 g/mol. The van der Waals surface area contributed by atoms with Gasteiger partial charge in [0, 0.05) is 24.7 Å². The SMILES string of the molecule is CNC(=O)CC1CN(C(=O)c2cc3c(s2)CCC3)Cc2ccnn21. The third kappa shape index (κ3) is 2.62. The zero-order chi connectivity index (χ0) is 16.7. The lowest BCUT2D eigenvalue weighted by Gasteiger charge is -2.33. The minimum atomic E-state index is -0.112. The third-order valence-corrected chi connectivity index (χ3v) is 6.05. The van der Waals surface area contributed by atoms with Gasteiger partial charge in [-0.15, -0.1) is 11.3 Å². The number of rotatable bonds is 3. The molecule has 0 saturated heterocycles. The number of hydrogen-bond acceptors (Lipinski definition) is 4. The van der Waals surface area contributed by atoms with Crippen molar-refractivity contribution in [3.8, 4) is 0 Å². The molecule has 1 aliphatic heterocycles. The van der Waals surface area contributed by atoms with E-state index in [0.29, 0.717) is 19.5 Å². The second kappa shape index (κ2) is 6.05. The van der Waals surface area contributed by atoms with Gasteiger partial charge in [-0.1, -0.05) is 0 Å². The van der Waals surface area contributed by atoms with E-state index in [-0.39, 0.29) is 17.9 Å². The summed E-state index contributed by atoms with van der Waals surface area (Å²) >= 11 is 1.63. The summed E-state index contributed by atoms with van der Waals surface area (Å²) in [6.45, 7) is 1.06. The maximum atomic E-state index is 12.9. The smallest absolute Gasteiger partial charge is 0.264 e. The van der Waals surface area contributed by atoms with Crippen molar-refractivity contribution in [2.24, 2.45) is 0 Å². The van der Waals surface area contributed by atoms with Gasteiger partial charge < -0.3 is 10.2 Å². The predicted octanol–water partition coefficient (Wildman–Crippen LogP) is 1.77. The summed E-state index contributed by atoms with van der Waals surface area (Å²) in [5.41, 5.74) is 2.32. The van der Waals surface area contributed by atoms with Gasteiger partial charge in [0.2, 0.25) is 5.91 Å². The van der Waals surface area contributed by atoms with E-state index in [1.165, 1.54) is 16.9 Å². The second-order valence-corrected chi connectivity index (χ2v) is 7.53. The van der Waals surface area contributed by atoms with E-state index in [1.54, 1.807) is 24.6 Å². The first kappa shape index (κ1) is 15.4. The van der Waals surface area contributed by atoms with Gasteiger partial charge in [-0.05, 0) is 37.0 Å². The van der Waals surface area contributed by atoms with Crippen molar-refractivity contribution in [2.45, 2.75) is 38.3 Å². The Labute approximate surface area is 144 Å². The molecule has 7 heteroatoms. The number of hydrogen-bond donors (Lipinski definition) is 1. The molecule has 2 aromatic heterocycles. The van der Waals surface area contributed by atoms with E-state index >= 15 is 0 Å². The first-order valence-corrected chi connectivity index (χ1v) is 9.11. The van der Waals surface area contributed by atoms with Crippen LogP contribution < -0.4 is 5.32 Å². The summed E-state index contributed by atoms with van der Waals surface area (Å²) in [6, 6.07) is 3.87. The first-order chi connectivity index (χ1) is 11.7. The highest BCUT2D eigenvalue weighted by atomic mass is 32.1. The van der Waals surface area contributed by atoms with E-state index in [4.69, 9.17) is 0 Å². The molecule has 0 radical (unpaired) electrons. The molecule has 1 unspecified atom stereocenters. The lowest BCUT2D eigenvalue weighted by molar-refractivity contribution is -0.121. The van der Waals surface area contributed by atoms with Crippen LogP contribution in [0.3, 0.4) is 0 Å². The number of nitrogens with zero attached hydrogens (tertiary/aromatic N) is 3. The molecule has 0 saturated carbocycles. The van der Waals surface area contributed by atoms with Crippen molar-refractivity contribution in [2.75, 3.05) is 13.6 Å². The number of thiophene rings is 1. The highest BCUT2D eigenvalue weighted by Crippen LogP contribution is 2.32. The fourth-order valence-corrected chi connectivity index (χ4v) is 4.82. The van der Waals surface area contributed by atoms with E-state index < -0.39 is 0 Å². The molecule has 2 aromatic rings. The number of aryl methyl sites for hydroxylation is 2. The van der Waals surface area contributed by atoms with Gasteiger partial charge in [-0.2, -0.15) is 5.10 Å². The second-order valence-electron chi connectivity index (χ2n) is 6.40. The van der Waals surface area contributed by atoms with Crippen LogP contribution in [0.2, 0.25) is 0 Å². The number of fused-ring (bicyclic) bond motifs is 2. The van der Waals surface area contributed by atoms with Crippen LogP contribution in [0, 0.1) is 0 Å². The molecule has 2 amide bonds. The highest BCUT2D eigenvalue weighted by molar-refractivity contribution is 7.14. The van der Waals surface area contributed by atoms with Gasteiger partial charge >= 0.3 is 0 Å². The molecule has 3 heterocycles. The molecule has 24 heavy (non-hydrogen) atoms. The number of nitrogens with one attached hydrogen (secondary N) is 1. The maximum Gasteiger partial charge on any atom is 0.264 e. The number of carbonyl (C=O) groups is 2.